The van der Waals surface area contributed by atoms with Gasteiger partial charge in [-0.3, -0.25) is 4.79 Å². The maximum Gasteiger partial charge on any atom is 0.330 e. The Hall–Kier alpha value is -2.82. The first kappa shape index (κ1) is 14.6. The molecule has 1 amide bonds. The number of carboxylic acids is 1. The molecule has 2 aromatic carbocycles. The number of hydrogen-bond donors (Lipinski definition) is 3. The predicted octanol–water partition coefficient (Wildman–Crippen LogP) is 2.28. The number of amides is 1. The molecule has 5 nitrogen and oxygen atoms in total. The number of carbonyl (C=O) groups is 2. The van der Waals surface area contributed by atoms with Crippen molar-refractivity contribution in [1.82, 2.24) is 5.32 Å². The second-order valence-electron chi connectivity index (χ2n) is 4.45. The summed E-state index contributed by atoms with van der Waals surface area (Å²) in [6.07, 6.45) is 0. The number of hydrogen-bond acceptors (Lipinski definition) is 3. The zero-order valence-electron chi connectivity index (χ0n) is 11.5. The Labute approximate surface area is 122 Å². The van der Waals surface area contributed by atoms with Crippen molar-refractivity contribution in [3.05, 3.63) is 65.7 Å². The van der Waals surface area contributed by atoms with Gasteiger partial charge in [-0.1, -0.05) is 42.5 Å². The van der Waals surface area contributed by atoms with Crippen LogP contribution in [0.15, 0.2) is 54.6 Å². The summed E-state index contributed by atoms with van der Waals surface area (Å²) in [5.74, 6) is -1.53. The SMILES string of the molecule is CNc1ccccc1C(=O)NC(C(=O)O)c1ccccc1. The van der Waals surface area contributed by atoms with Crippen LogP contribution in [0.3, 0.4) is 0 Å². The average molecular weight is 284 g/mol. The van der Waals surface area contributed by atoms with E-state index < -0.39 is 17.9 Å². The molecule has 0 fully saturated rings. The number of benzene rings is 2. The van der Waals surface area contributed by atoms with E-state index in [4.69, 9.17) is 0 Å². The van der Waals surface area contributed by atoms with Crippen molar-refractivity contribution in [3.63, 3.8) is 0 Å². The van der Waals surface area contributed by atoms with Gasteiger partial charge in [0.15, 0.2) is 6.04 Å². The minimum Gasteiger partial charge on any atom is -0.479 e. The molecule has 5 heteroatoms. The van der Waals surface area contributed by atoms with E-state index in [1.54, 1.807) is 61.6 Å². The molecule has 1 atom stereocenters. The van der Waals surface area contributed by atoms with E-state index in [0.29, 0.717) is 16.8 Å². The number of carbonyl (C=O) groups excluding carboxylic acids is 1. The van der Waals surface area contributed by atoms with E-state index in [9.17, 15) is 14.7 Å². The number of aliphatic carboxylic acids is 1. The second kappa shape index (κ2) is 6.56. The molecule has 3 N–H and O–H groups in total. The van der Waals surface area contributed by atoms with Gasteiger partial charge >= 0.3 is 5.97 Å². The van der Waals surface area contributed by atoms with Gasteiger partial charge in [-0.15, -0.1) is 0 Å². The van der Waals surface area contributed by atoms with Crippen molar-refractivity contribution in [2.75, 3.05) is 12.4 Å². The maximum absolute atomic E-state index is 12.3. The second-order valence-corrected chi connectivity index (χ2v) is 4.45. The summed E-state index contributed by atoms with van der Waals surface area (Å²) < 4.78 is 0. The molecule has 0 radical (unpaired) electrons. The molecule has 0 aromatic heterocycles. The van der Waals surface area contributed by atoms with Crippen LogP contribution < -0.4 is 10.6 Å². The fourth-order valence-corrected chi connectivity index (χ4v) is 2.04. The summed E-state index contributed by atoms with van der Waals surface area (Å²) >= 11 is 0. The lowest BCUT2D eigenvalue weighted by molar-refractivity contribution is -0.139. The van der Waals surface area contributed by atoms with Crippen molar-refractivity contribution >= 4 is 17.6 Å². The summed E-state index contributed by atoms with van der Waals surface area (Å²) in [6.45, 7) is 0. The molecular weight excluding hydrogens is 268 g/mol. The summed E-state index contributed by atoms with van der Waals surface area (Å²) in [7, 11) is 1.71. The third-order valence-electron chi connectivity index (χ3n) is 3.10. The van der Waals surface area contributed by atoms with Gasteiger partial charge in [-0.25, -0.2) is 4.79 Å². The van der Waals surface area contributed by atoms with Gasteiger partial charge in [0.25, 0.3) is 5.91 Å². The standard InChI is InChI=1S/C16H16N2O3/c1-17-13-10-6-5-9-12(13)15(19)18-14(16(20)21)11-7-3-2-4-8-11/h2-10,14,17H,1H3,(H,18,19)(H,20,21). The topological polar surface area (TPSA) is 78.4 Å². The highest BCUT2D eigenvalue weighted by Crippen LogP contribution is 2.17. The van der Waals surface area contributed by atoms with Crippen LogP contribution in [0.25, 0.3) is 0 Å². The smallest absolute Gasteiger partial charge is 0.330 e. The molecule has 0 aliphatic heterocycles. The monoisotopic (exact) mass is 284 g/mol. The van der Waals surface area contributed by atoms with Gasteiger partial charge < -0.3 is 15.7 Å². The van der Waals surface area contributed by atoms with Gasteiger partial charge in [-0.2, -0.15) is 0 Å². The number of para-hydroxylation sites is 1. The lowest BCUT2D eigenvalue weighted by Gasteiger charge is -2.16. The van der Waals surface area contributed by atoms with Crippen molar-refractivity contribution in [2.24, 2.45) is 0 Å². The minimum absolute atomic E-state index is 0.405. The highest BCUT2D eigenvalue weighted by molar-refractivity contribution is 6.01. The van der Waals surface area contributed by atoms with E-state index in [-0.39, 0.29) is 0 Å². The Kier molecular flexibility index (Phi) is 4.56. The van der Waals surface area contributed by atoms with Crippen LogP contribution in [-0.2, 0) is 4.79 Å². The van der Waals surface area contributed by atoms with E-state index in [0.717, 1.165) is 0 Å². The molecule has 0 spiro atoms. The molecule has 108 valence electrons. The zero-order chi connectivity index (χ0) is 15.2. The van der Waals surface area contributed by atoms with Crippen LogP contribution in [0.5, 0.6) is 0 Å². The Morgan fingerprint density at radius 2 is 1.62 bits per heavy atom. The molecule has 21 heavy (non-hydrogen) atoms. The van der Waals surface area contributed by atoms with Crippen molar-refractivity contribution in [2.45, 2.75) is 6.04 Å². The molecule has 0 aliphatic rings. The Balaban J connectivity index is 2.25. The number of carboxylic acid groups (broad SMARTS) is 1. The van der Waals surface area contributed by atoms with Crippen LogP contribution >= 0.6 is 0 Å². The number of nitrogens with one attached hydrogen (secondary N) is 2. The van der Waals surface area contributed by atoms with Crippen molar-refractivity contribution in [3.8, 4) is 0 Å². The summed E-state index contributed by atoms with van der Waals surface area (Å²) in [6, 6.07) is 14.5. The molecule has 1 unspecified atom stereocenters. The summed E-state index contributed by atoms with van der Waals surface area (Å²) in [5, 5.41) is 14.8. The lowest BCUT2D eigenvalue weighted by Crippen LogP contribution is -2.34. The first-order chi connectivity index (χ1) is 10.1. The predicted molar refractivity (Wildman–Crippen MR) is 80.3 cm³/mol. The maximum atomic E-state index is 12.3. The first-order valence-corrected chi connectivity index (χ1v) is 6.49. The fraction of sp³-hybridized carbons (Fsp3) is 0.125. The van der Waals surface area contributed by atoms with Gasteiger partial charge in [0.2, 0.25) is 0 Å². The Morgan fingerprint density at radius 1 is 1.00 bits per heavy atom. The summed E-state index contributed by atoms with van der Waals surface area (Å²) in [4.78, 5) is 23.7. The van der Waals surface area contributed by atoms with Gasteiger partial charge in [0, 0.05) is 12.7 Å². The third kappa shape index (κ3) is 3.39. The fourth-order valence-electron chi connectivity index (χ4n) is 2.04. The van der Waals surface area contributed by atoms with Crippen molar-refractivity contribution < 1.29 is 14.7 Å². The molecule has 0 aliphatic carbocycles. The normalized spacial score (nSPS) is 11.5. The van der Waals surface area contributed by atoms with Crippen LogP contribution in [0.4, 0.5) is 5.69 Å². The van der Waals surface area contributed by atoms with Crippen LogP contribution in [0.2, 0.25) is 0 Å². The van der Waals surface area contributed by atoms with Gasteiger partial charge in [0.05, 0.1) is 5.56 Å². The minimum atomic E-state index is -1.10. The Bertz CT molecular complexity index is 641. The largest absolute Gasteiger partial charge is 0.479 e. The van der Waals surface area contributed by atoms with Crippen LogP contribution in [-0.4, -0.2) is 24.0 Å². The first-order valence-electron chi connectivity index (χ1n) is 6.49. The molecule has 0 saturated heterocycles. The molecule has 0 bridgehead atoms. The number of rotatable bonds is 5. The molecule has 2 rings (SSSR count). The van der Waals surface area contributed by atoms with E-state index in [1.165, 1.54) is 0 Å². The highest BCUT2D eigenvalue weighted by atomic mass is 16.4. The average Bonchev–Trinajstić information content (AvgIpc) is 2.52. The quantitative estimate of drug-likeness (QED) is 0.787. The number of anilines is 1. The van der Waals surface area contributed by atoms with Gasteiger partial charge in [0.1, 0.15) is 0 Å². The Morgan fingerprint density at radius 3 is 2.24 bits per heavy atom. The molecule has 0 heterocycles. The zero-order valence-corrected chi connectivity index (χ0v) is 11.5. The van der Waals surface area contributed by atoms with Crippen LogP contribution in [0.1, 0.15) is 22.0 Å². The third-order valence-corrected chi connectivity index (χ3v) is 3.10. The van der Waals surface area contributed by atoms with E-state index in [2.05, 4.69) is 10.6 Å². The lowest BCUT2D eigenvalue weighted by atomic mass is 10.1. The van der Waals surface area contributed by atoms with Crippen LogP contribution in [0, 0.1) is 0 Å². The van der Waals surface area contributed by atoms with Crippen molar-refractivity contribution in [1.29, 1.82) is 0 Å². The molecule has 0 saturated carbocycles. The summed E-state index contributed by atoms with van der Waals surface area (Å²) in [5.41, 5.74) is 1.58. The highest BCUT2D eigenvalue weighted by Gasteiger charge is 2.23. The van der Waals surface area contributed by atoms with Gasteiger partial charge in [-0.05, 0) is 17.7 Å². The van der Waals surface area contributed by atoms with E-state index in [1.807, 2.05) is 0 Å². The molecular formula is C16H16N2O3. The van der Waals surface area contributed by atoms with E-state index >= 15 is 0 Å². The molecule has 2 aromatic rings.